The molecule has 0 radical (unpaired) electrons. The van der Waals surface area contributed by atoms with Crippen LogP contribution in [0.3, 0.4) is 0 Å². The monoisotopic (exact) mass is 1710 g/mol. The lowest BCUT2D eigenvalue weighted by Crippen LogP contribution is -2.33. The number of carbonyl (C=O) groups excluding carboxylic acids is 2. The first-order valence-electron chi connectivity index (χ1n) is 31.3. The Labute approximate surface area is 608 Å². The number of allylic oxidation sites excluding steroid dienone is 4. The standard InChI is InChI=1S/C54H79N4O35P5S4.O3S/c1-37-34-58(52(63)55-50(37)61)49-33-45(60)46(89-49)35-88-95(66,67)91-97(70,71)93-98(72,73)92-96(68,69)90-94(64,65)87-28-13-6-5-12-27-86-51(62)38(36-101(80,81)82)31-39(59)17-8-7-11-24-54(4)42-32-40(102(83,84)85)22-23-44(42)57(26-16-30-100(77,78)79)48(54)21-14-20-47-53(2,3)41-18-9-10-19-43(41)56(47)25-15-29-99(74,75)76;1-4(2)3/h9-10,14,18-23,32,34,38,45-46,49,60H,5-8,11-13,15-17,24-31,33,35-36H2,1-4H3,(H9-,55,61,63,64,65,66,67,68,69,70,71,72,73,74,75,76,77,78,79,80,81,82,83,84,85);/t38?,45-,46-,49-,54?;/m1./s1. The number of carbonyl (C=O) groups is 2. The molecule has 4 heterocycles. The first-order valence-corrected chi connectivity index (χ1v) is 46.0. The Hall–Kier alpha value is -4.90. The number of phosphoric ester groups is 2. The van der Waals surface area contributed by atoms with E-state index in [1.165, 1.54) is 25.1 Å². The molecule has 10 N–H and O–H groups in total. The van der Waals surface area contributed by atoms with Crippen LogP contribution in [-0.2, 0) is 130 Å². The number of fused-ring (bicyclic) bond motifs is 2. The van der Waals surface area contributed by atoms with Crippen LogP contribution < -0.4 is 16.1 Å². The van der Waals surface area contributed by atoms with Crippen LogP contribution in [-0.4, -0.2) is 188 Å². The van der Waals surface area contributed by atoms with E-state index in [9.17, 15) is 123 Å². The lowest BCUT2D eigenvalue weighted by Gasteiger charge is -2.30. The summed E-state index contributed by atoms with van der Waals surface area (Å²) in [5.41, 5.74) is 0.391. The topological polar surface area (TPSA) is 647 Å². The van der Waals surface area contributed by atoms with Crippen molar-refractivity contribution in [1.29, 1.82) is 0 Å². The van der Waals surface area contributed by atoms with E-state index in [1.54, 1.807) is 30.1 Å². The summed E-state index contributed by atoms with van der Waals surface area (Å²) in [5.74, 6) is -5.92. The molecule has 6 rings (SSSR count). The van der Waals surface area contributed by atoms with Crippen LogP contribution >= 0.6 is 39.1 Å². The molecule has 1 fully saturated rings. The van der Waals surface area contributed by atoms with Crippen LogP contribution in [0.15, 0.2) is 87.1 Å². The Balaban J connectivity index is 0.00000491. The quantitative estimate of drug-likeness (QED) is 0.0124. The second kappa shape index (κ2) is 37.4. The van der Waals surface area contributed by atoms with Crippen molar-refractivity contribution in [3.8, 4) is 0 Å². The molecule has 42 nitrogen and oxygen atoms in total. The summed E-state index contributed by atoms with van der Waals surface area (Å²) in [5, 5.41) is 10.3. The van der Waals surface area contributed by atoms with E-state index in [4.69, 9.17) is 22.1 Å². The Morgan fingerprint density at radius 3 is 1.92 bits per heavy atom. The van der Waals surface area contributed by atoms with Gasteiger partial charge in [-0.05, 0) is 96.1 Å². The number of anilines is 1. The van der Waals surface area contributed by atoms with E-state index in [-0.39, 0.29) is 89.5 Å². The molecule has 598 valence electrons. The fourth-order valence-corrected chi connectivity index (χ4v) is 20.2. The maximum Gasteiger partial charge on any atom is 0.490 e. The summed E-state index contributed by atoms with van der Waals surface area (Å²) in [6, 6.07) is 11.3. The number of aromatic nitrogens is 2. The van der Waals surface area contributed by atoms with Crippen molar-refractivity contribution in [2.75, 3.05) is 55.1 Å². The first-order chi connectivity index (χ1) is 48.6. The first kappa shape index (κ1) is 91.7. The van der Waals surface area contributed by atoms with Gasteiger partial charge in [0.05, 0.1) is 63.8 Å². The molecule has 1 aromatic heterocycles. The molecule has 3 aliphatic rings. The van der Waals surface area contributed by atoms with E-state index in [2.05, 4.69) is 26.3 Å². The number of aromatic amines is 1. The summed E-state index contributed by atoms with van der Waals surface area (Å²) in [4.78, 5) is 103. The van der Waals surface area contributed by atoms with Crippen molar-refractivity contribution in [3.05, 3.63) is 110 Å². The minimum Gasteiger partial charge on any atom is -0.748 e. The zero-order chi connectivity index (χ0) is 80.0. The number of nitrogens with zero attached hydrogens (tertiary/aromatic N) is 3. The maximum absolute atomic E-state index is 13.4. The van der Waals surface area contributed by atoms with Gasteiger partial charge >= 0.3 is 61.4 Å². The average molecular weight is 1710 g/mol. The number of para-hydroxylation sites is 1. The smallest absolute Gasteiger partial charge is 0.490 e. The highest BCUT2D eigenvalue weighted by molar-refractivity contribution is 7.86. The molecule has 0 amide bonds. The third-order valence-electron chi connectivity index (χ3n) is 16.2. The number of H-pyrrole nitrogens is 1. The number of phosphoric acid groups is 5. The molecule has 0 aliphatic carbocycles. The number of ketones is 1. The van der Waals surface area contributed by atoms with Crippen LogP contribution in [0.4, 0.5) is 11.4 Å². The number of Topliss-reactive ketones (excluding diaryl/α,β-unsaturated/α-hetero) is 1. The summed E-state index contributed by atoms with van der Waals surface area (Å²) in [7, 11) is -52.5. The number of aliphatic hydroxyl groups excluding tert-OH is 1. The van der Waals surface area contributed by atoms with E-state index in [1.807, 2.05) is 47.7 Å². The molecule has 0 bridgehead atoms. The molecular formula is C54H79N4O38P5S5. The normalized spacial score (nSPS) is 21.7. The van der Waals surface area contributed by atoms with Gasteiger partial charge in [0.2, 0.25) is 5.69 Å². The number of hydrogen-bond acceptors (Lipinski definition) is 31. The number of aliphatic hydroxyl groups is 1. The molecule has 3 aliphatic heterocycles. The fourth-order valence-electron chi connectivity index (χ4n) is 11.6. The van der Waals surface area contributed by atoms with Crippen LogP contribution in [0.5, 0.6) is 0 Å². The number of esters is 1. The zero-order valence-corrected chi connectivity index (χ0v) is 65.0. The summed E-state index contributed by atoms with van der Waals surface area (Å²) in [6.07, 6.45) is 1.79. The Kier molecular flexibility index (Phi) is 32.4. The second-order valence-corrected chi connectivity index (χ2v) is 39.0. The van der Waals surface area contributed by atoms with Crippen LogP contribution in [0.25, 0.3) is 0 Å². The van der Waals surface area contributed by atoms with Gasteiger partial charge in [0.1, 0.15) is 24.7 Å². The number of ether oxygens (including phenoxy) is 2. The molecule has 2 aromatic carbocycles. The summed E-state index contributed by atoms with van der Waals surface area (Å²) in [6.45, 7) is 4.93. The molecule has 0 spiro atoms. The zero-order valence-electron chi connectivity index (χ0n) is 56.5. The van der Waals surface area contributed by atoms with Gasteiger partial charge < -0.3 is 48.5 Å². The van der Waals surface area contributed by atoms with Gasteiger partial charge in [0, 0.05) is 84.2 Å². The highest BCUT2D eigenvalue weighted by atomic mass is 32.2. The van der Waals surface area contributed by atoms with Gasteiger partial charge in [-0.2, -0.15) is 47.1 Å². The fraction of sp³-hybridized carbons (Fsp3) is 0.574. The van der Waals surface area contributed by atoms with Crippen LogP contribution in [0.2, 0.25) is 0 Å². The average Bonchev–Trinajstić information content (AvgIpc) is 1.58. The maximum atomic E-state index is 13.4. The van der Waals surface area contributed by atoms with Gasteiger partial charge in [-0.25, -0.2) is 36.0 Å². The second-order valence-electron chi connectivity index (χ2n) is 24.7. The summed E-state index contributed by atoms with van der Waals surface area (Å²) < 4.78 is 262. The van der Waals surface area contributed by atoms with Crippen molar-refractivity contribution in [2.45, 2.75) is 145 Å². The Bertz CT molecular complexity index is 4810. The molecule has 1 saturated heterocycles. The van der Waals surface area contributed by atoms with E-state index in [0.717, 1.165) is 27.7 Å². The predicted octanol–water partition coefficient (Wildman–Crippen LogP) is 4.36. The number of rotatable bonds is 42. The number of aryl methyl sites for hydroxylation is 1. The summed E-state index contributed by atoms with van der Waals surface area (Å²) >= 11 is 0. The van der Waals surface area contributed by atoms with Crippen molar-refractivity contribution >= 4 is 119 Å². The van der Waals surface area contributed by atoms with Crippen molar-refractivity contribution in [2.24, 2.45) is 5.92 Å². The third-order valence-corrected chi connectivity index (χ3v) is 27.0. The molecular weight excluding hydrogens is 1630 g/mol. The predicted molar refractivity (Wildman–Crippen MR) is 365 cm³/mol. The molecule has 7 unspecified atom stereocenters. The van der Waals surface area contributed by atoms with Gasteiger partial charge in [-0.15, -0.1) is 12.6 Å². The number of unbranched alkanes of at least 4 members (excludes halogenated alkanes) is 5. The highest BCUT2D eigenvalue weighted by Gasteiger charge is 2.50. The van der Waals surface area contributed by atoms with Gasteiger partial charge in [0.15, 0.2) is 5.71 Å². The van der Waals surface area contributed by atoms with E-state index >= 15 is 0 Å². The number of nitrogens with one attached hydrogen (secondary N) is 1. The van der Waals surface area contributed by atoms with Crippen molar-refractivity contribution in [1.82, 2.24) is 9.55 Å². The Morgan fingerprint density at radius 2 is 1.33 bits per heavy atom. The molecule has 52 heteroatoms. The van der Waals surface area contributed by atoms with E-state index < -0.39 is 190 Å². The molecule has 0 saturated carbocycles. The lowest BCUT2D eigenvalue weighted by molar-refractivity contribution is -0.437. The van der Waals surface area contributed by atoms with E-state index in [0.29, 0.717) is 29.8 Å². The number of hydrogen-bond donors (Lipinski definition) is 10. The molecule has 106 heavy (non-hydrogen) atoms. The van der Waals surface area contributed by atoms with Crippen LogP contribution in [0.1, 0.15) is 127 Å². The lowest BCUT2D eigenvalue weighted by atomic mass is 9.77. The van der Waals surface area contributed by atoms with Gasteiger partial charge in [-0.3, -0.25) is 46.6 Å². The number of benzene rings is 2. The van der Waals surface area contributed by atoms with Crippen LogP contribution in [0, 0.1) is 12.8 Å². The Morgan fingerprint density at radius 1 is 0.755 bits per heavy atom. The van der Waals surface area contributed by atoms with Crippen molar-refractivity contribution in [3.63, 3.8) is 0 Å². The minimum atomic E-state index is -6.46. The SMILES string of the molecule is Cc1cn([C@H]2C[C@@H](O)[C@@H](COP(=O)(O)OP(=O)(O)OP(=O)(O)OP(=O)(O)OP(=O)(O)OCCCCCCOC(=O)C(CC(=O)CCCCCC3(C)/C(=C\C=C\C4=[N+](CCCS(=O)(=O)[O-])c5ccccc5C4(C)C)N(CCCS(=O)(=O)O)c4ccc(S(=O)(=O)O)cc43)CS(=O)(=O)O)O2)c(=O)[nH]c1=O.O=S(=O)=O. The van der Waals surface area contributed by atoms with Gasteiger partial charge in [0.25, 0.3) is 35.9 Å². The minimum absolute atomic E-state index is 0.00202. The van der Waals surface area contributed by atoms with Gasteiger partial charge in [-0.1, -0.05) is 43.5 Å². The molecule has 3 aromatic rings. The highest BCUT2D eigenvalue weighted by Crippen LogP contribution is 2.74. The molecule has 10 atom stereocenters. The van der Waals surface area contributed by atoms with Crippen molar-refractivity contribution < 1.29 is 167 Å². The largest absolute Gasteiger partial charge is 0.748 e. The third kappa shape index (κ3) is 29.1.